The number of ether oxygens (including phenoxy) is 1. The molecular weight excluding hydrogens is 481 g/mol. The molecule has 1 amide bonds. The van der Waals surface area contributed by atoms with Gasteiger partial charge in [-0.15, -0.1) is 24.0 Å². The first kappa shape index (κ1) is 23.1. The zero-order valence-electron chi connectivity index (χ0n) is 18.2. The Morgan fingerprint density at radius 3 is 2.52 bits per heavy atom. The summed E-state index contributed by atoms with van der Waals surface area (Å²) in [5.41, 5.74) is 0.341. The third-order valence-corrected chi connectivity index (χ3v) is 7.27. The monoisotopic (exact) mass is 519 g/mol. The van der Waals surface area contributed by atoms with Crippen LogP contribution in [-0.4, -0.2) is 86.2 Å². The zero-order chi connectivity index (χ0) is 19.7. The molecule has 0 aromatic heterocycles. The number of aliphatic imine (C=N–C) groups is 1. The van der Waals surface area contributed by atoms with Gasteiger partial charge in [0.25, 0.3) is 0 Å². The minimum Gasteiger partial charge on any atom is -0.377 e. The van der Waals surface area contributed by atoms with E-state index in [-0.39, 0.29) is 35.9 Å². The van der Waals surface area contributed by atoms with Crippen LogP contribution in [0.3, 0.4) is 0 Å². The summed E-state index contributed by atoms with van der Waals surface area (Å²) >= 11 is 0. The van der Waals surface area contributed by atoms with Gasteiger partial charge >= 0.3 is 0 Å². The van der Waals surface area contributed by atoms with Crippen LogP contribution in [0.1, 0.15) is 46.0 Å². The van der Waals surface area contributed by atoms with Gasteiger partial charge in [0.2, 0.25) is 5.91 Å². The molecule has 2 saturated heterocycles. The van der Waals surface area contributed by atoms with Gasteiger partial charge in [-0.25, -0.2) is 0 Å². The first-order valence-corrected chi connectivity index (χ1v) is 11.1. The molecule has 2 N–H and O–H groups in total. The van der Waals surface area contributed by atoms with E-state index in [2.05, 4.69) is 25.4 Å². The van der Waals surface area contributed by atoms with E-state index in [1.165, 1.54) is 32.1 Å². The fourth-order valence-corrected chi connectivity index (χ4v) is 6.03. The van der Waals surface area contributed by atoms with E-state index in [1.807, 2.05) is 20.9 Å². The van der Waals surface area contributed by atoms with Gasteiger partial charge in [-0.05, 0) is 33.1 Å². The van der Waals surface area contributed by atoms with Crippen molar-refractivity contribution in [3.63, 3.8) is 0 Å². The maximum absolute atomic E-state index is 12.0. The predicted molar refractivity (Wildman–Crippen MR) is 126 cm³/mol. The number of piperazine rings is 1. The van der Waals surface area contributed by atoms with Gasteiger partial charge < -0.3 is 20.3 Å². The summed E-state index contributed by atoms with van der Waals surface area (Å²) in [4.78, 5) is 21.2. The molecule has 0 bridgehead atoms. The van der Waals surface area contributed by atoms with E-state index >= 15 is 0 Å². The van der Waals surface area contributed by atoms with Crippen LogP contribution in [0, 0.1) is 11.3 Å². The average Bonchev–Trinajstić information content (AvgIpc) is 3.31. The second-order valence-electron chi connectivity index (χ2n) is 9.34. The van der Waals surface area contributed by atoms with Crippen molar-refractivity contribution in [1.29, 1.82) is 0 Å². The number of nitrogens with zero attached hydrogens (tertiary/aromatic N) is 3. The van der Waals surface area contributed by atoms with Crippen molar-refractivity contribution >= 4 is 35.8 Å². The molecule has 4 rings (SSSR count). The van der Waals surface area contributed by atoms with Gasteiger partial charge in [-0.3, -0.25) is 14.7 Å². The molecule has 4 aliphatic rings. The zero-order valence-corrected chi connectivity index (χ0v) is 20.5. The van der Waals surface area contributed by atoms with Crippen molar-refractivity contribution < 1.29 is 9.53 Å². The molecule has 4 fully saturated rings. The Morgan fingerprint density at radius 2 is 1.90 bits per heavy atom. The van der Waals surface area contributed by atoms with Crippen molar-refractivity contribution in [1.82, 2.24) is 20.4 Å². The molecule has 0 aromatic carbocycles. The van der Waals surface area contributed by atoms with E-state index < -0.39 is 0 Å². The van der Waals surface area contributed by atoms with Gasteiger partial charge in [0.05, 0.1) is 12.6 Å². The predicted octanol–water partition coefficient (Wildman–Crippen LogP) is 1.67. The molecule has 7 nitrogen and oxygen atoms in total. The molecule has 3 unspecified atom stereocenters. The lowest BCUT2D eigenvalue weighted by Gasteiger charge is -2.57. The Hall–Kier alpha value is -0.610. The van der Waals surface area contributed by atoms with Crippen LogP contribution in [-0.2, 0) is 9.53 Å². The van der Waals surface area contributed by atoms with Crippen molar-refractivity contribution in [2.75, 3.05) is 46.4 Å². The molecule has 166 valence electrons. The molecule has 3 atom stereocenters. The SMILES string of the molecule is CN=C(NC1C2CCOC2C12CCCC2)N1CCN(CC(=O)NC(C)C)CC1.I. The topological polar surface area (TPSA) is 69.2 Å². The lowest BCUT2D eigenvalue weighted by atomic mass is 9.54. The summed E-state index contributed by atoms with van der Waals surface area (Å²) in [6, 6.07) is 0.710. The average molecular weight is 519 g/mol. The van der Waals surface area contributed by atoms with Crippen LogP contribution in [0.5, 0.6) is 0 Å². The number of carbonyl (C=O) groups is 1. The molecule has 0 aromatic rings. The van der Waals surface area contributed by atoms with E-state index in [9.17, 15) is 4.79 Å². The van der Waals surface area contributed by atoms with Gasteiger partial charge in [0.1, 0.15) is 0 Å². The largest absolute Gasteiger partial charge is 0.377 e. The lowest BCUT2D eigenvalue weighted by Crippen LogP contribution is -2.70. The Bertz CT molecular complexity index is 600. The van der Waals surface area contributed by atoms with Gasteiger partial charge in [-0.1, -0.05) is 12.8 Å². The number of rotatable bonds is 4. The molecule has 0 radical (unpaired) electrons. The van der Waals surface area contributed by atoms with Crippen LogP contribution in [0.15, 0.2) is 4.99 Å². The van der Waals surface area contributed by atoms with E-state index in [1.54, 1.807) is 0 Å². The van der Waals surface area contributed by atoms with Gasteiger partial charge in [-0.2, -0.15) is 0 Å². The van der Waals surface area contributed by atoms with Crippen molar-refractivity contribution in [2.24, 2.45) is 16.3 Å². The Morgan fingerprint density at radius 1 is 1.21 bits per heavy atom. The number of halogens is 1. The maximum atomic E-state index is 12.0. The van der Waals surface area contributed by atoms with E-state index in [0.29, 0.717) is 30.0 Å². The second kappa shape index (κ2) is 9.68. The third-order valence-electron chi connectivity index (χ3n) is 7.27. The molecule has 1 spiro atoms. The van der Waals surface area contributed by atoms with Crippen LogP contribution >= 0.6 is 24.0 Å². The number of carbonyl (C=O) groups excluding carboxylic acids is 1. The maximum Gasteiger partial charge on any atom is 0.234 e. The highest BCUT2D eigenvalue weighted by atomic mass is 127. The van der Waals surface area contributed by atoms with Crippen LogP contribution in [0.25, 0.3) is 0 Å². The number of guanidine groups is 1. The highest BCUT2D eigenvalue weighted by molar-refractivity contribution is 14.0. The smallest absolute Gasteiger partial charge is 0.234 e. The van der Waals surface area contributed by atoms with Crippen LogP contribution < -0.4 is 10.6 Å². The quantitative estimate of drug-likeness (QED) is 0.336. The molecule has 2 saturated carbocycles. The summed E-state index contributed by atoms with van der Waals surface area (Å²) < 4.78 is 6.12. The number of hydrogen-bond acceptors (Lipinski definition) is 4. The number of hydrogen-bond donors (Lipinski definition) is 2. The summed E-state index contributed by atoms with van der Waals surface area (Å²) in [6.07, 6.45) is 6.91. The minimum absolute atomic E-state index is 0. The van der Waals surface area contributed by atoms with Gasteiger partial charge in [0, 0.05) is 63.3 Å². The number of nitrogens with one attached hydrogen (secondary N) is 2. The number of amides is 1. The van der Waals surface area contributed by atoms with E-state index in [0.717, 1.165) is 38.7 Å². The normalized spacial score (nSPS) is 31.4. The highest BCUT2D eigenvalue weighted by Crippen LogP contribution is 2.60. The second-order valence-corrected chi connectivity index (χ2v) is 9.34. The van der Waals surface area contributed by atoms with Crippen molar-refractivity contribution in [3.8, 4) is 0 Å². The molecule has 29 heavy (non-hydrogen) atoms. The summed E-state index contributed by atoms with van der Waals surface area (Å²) in [5, 5.41) is 6.84. The van der Waals surface area contributed by atoms with E-state index in [4.69, 9.17) is 4.74 Å². The third kappa shape index (κ3) is 4.54. The van der Waals surface area contributed by atoms with Crippen LogP contribution in [0.2, 0.25) is 0 Å². The minimum atomic E-state index is 0. The highest BCUT2D eigenvalue weighted by Gasteiger charge is 2.65. The molecule has 8 heteroatoms. The molecular formula is C21H38IN5O2. The van der Waals surface area contributed by atoms with Gasteiger partial charge in [0.15, 0.2) is 5.96 Å². The molecule has 2 aliphatic carbocycles. The lowest BCUT2D eigenvalue weighted by molar-refractivity contribution is -0.125. The fraction of sp³-hybridized carbons (Fsp3) is 0.905. The van der Waals surface area contributed by atoms with Crippen LogP contribution in [0.4, 0.5) is 0 Å². The van der Waals surface area contributed by atoms with Crippen molar-refractivity contribution in [3.05, 3.63) is 0 Å². The van der Waals surface area contributed by atoms with Crippen molar-refractivity contribution in [2.45, 2.75) is 64.1 Å². The Labute approximate surface area is 192 Å². The fourth-order valence-electron chi connectivity index (χ4n) is 6.03. The Kier molecular flexibility index (Phi) is 7.70. The molecule has 2 heterocycles. The standard InChI is InChI=1S/C21H37N5O2.HI/c1-15(2)23-17(27)14-25-9-11-26(12-10-25)20(22-3)24-18-16-6-13-28-19(16)21(18)7-4-5-8-21;/h15-16,18-19H,4-14H2,1-3H3,(H,22,24)(H,23,27);1H. The summed E-state index contributed by atoms with van der Waals surface area (Å²) in [7, 11) is 1.90. The Balaban J connectivity index is 0.00000240. The summed E-state index contributed by atoms with van der Waals surface area (Å²) in [6.45, 7) is 9.05. The first-order valence-electron chi connectivity index (χ1n) is 11.1. The molecule has 2 aliphatic heterocycles. The number of fused-ring (bicyclic) bond motifs is 2. The summed E-state index contributed by atoms with van der Waals surface area (Å²) in [5.74, 6) is 1.81. The first-order chi connectivity index (χ1) is 13.5.